The molecule has 1 N–H and O–H groups in total. The molecule has 0 aromatic heterocycles. The van der Waals surface area contributed by atoms with Gasteiger partial charge in [0.25, 0.3) is 0 Å². The summed E-state index contributed by atoms with van der Waals surface area (Å²) in [5, 5.41) is 3.31. The molecule has 0 aromatic carbocycles. The van der Waals surface area contributed by atoms with Crippen LogP contribution in [0, 0.1) is 0 Å². The fraction of sp³-hybridized carbons (Fsp3) is 1.00. The van der Waals surface area contributed by atoms with E-state index in [-0.39, 0.29) is 1.43 Å². The van der Waals surface area contributed by atoms with Gasteiger partial charge in [-0.2, -0.15) is 0 Å². The molecule has 0 aromatic rings. The van der Waals surface area contributed by atoms with Gasteiger partial charge in [0.05, 0.1) is 6.61 Å². The van der Waals surface area contributed by atoms with Crippen LogP contribution in [0.15, 0.2) is 0 Å². The SMILES string of the molecule is CCNCCN(CC)CCOC.[HH]. The lowest BCUT2D eigenvalue weighted by Crippen LogP contribution is -2.34. The topological polar surface area (TPSA) is 24.5 Å². The summed E-state index contributed by atoms with van der Waals surface area (Å²) in [4.78, 5) is 2.38. The third-order valence-corrected chi connectivity index (χ3v) is 1.91. The quantitative estimate of drug-likeness (QED) is 0.554. The van der Waals surface area contributed by atoms with Crippen LogP contribution in [-0.4, -0.2) is 51.3 Å². The predicted molar refractivity (Wildman–Crippen MR) is 54.6 cm³/mol. The number of likely N-dealkylation sites (N-methyl/N-ethyl adjacent to an activating group) is 2. The first-order valence-electron chi connectivity index (χ1n) is 4.77. The van der Waals surface area contributed by atoms with Crippen molar-refractivity contribution in [3.05, 3.63) is 0 Å². The summed E-state index contributed by atoms with van der Waals surface area (Å²) in [5.74, 6) is 0. The van der Waals surface area contributed by atoms with Crippen molar-refractivity contribution in [1.29, 1.82) is 0 Å². The number of hydrogen-bond acceptors (Lipinski definition) is 3. The molecule has 0 spiro atoms. The number of hydrogen-bond donors (Lipinski definition) is 1. The second kappa shape index (κ2) is 8.97. The van der Waals surface area contributed by atoms with Crippen molar-refractivity contribution in [2.45, 2.75) is 13.8 Å². The van der Waals surface area contributed by atoms with E-state index in [1.807, 2.05) is 0 Å². The maximum atomic E-state index is 5.02. The Morgan fingerprint density at radius 1 is 1.33 bits per heavy atom. The van der Waals surface area contributed by atoms with Crippen molar-refractivity contribution < 1.29 is 6.16 Å². The lowest BCUT2D eigenvalue weighted by molar-refractivity contribution is 0.151. The molecule has 3 heteroatoms. The van der Waals surface area contributed by atoms with Crippen molar-refractivity contribution >= 4 is 0 Å². The van der Waals surface area contributed by atoms with Gasteiger partial charge in [-0.15, -0.1) is 0 Å². The summed E-state index contributed by atoms with van der Waals surface area (Å²) in [6.07, 6.45) is 0. The second-order valence-electron chi connectivity index (χ2n) is 2.78. The van der Waals surface area contributed by atoms with Crippen molar-refractivity contribution in [2.75, 3.05) is 46.4 Å². The van der Waals surface area contributed by atoms with Crippen LogP contribution in [0.3, 0.4) is 0 Å². The van der Waals surface area contributed by atoms with Crippen LogP contribution in [0.4, 0.5) is 0 Å². The van der Waals surface area contributed by atoms with Gasteiger partial charge in [0.2, 0.25) is 0 Å². The Morgan fingerprint density at radius 3 is 2.58 bits per heavy atom. The number of nitrogens with zero attached hydrogens (tertiary/aromatic N) is 1. The minimum atomic E-state index is 0. The first kappa shape index (κ1) is 11.9. The molecule has 0 unspecified atom stereocenters. The normalized spacial score (nSPS) is 11.0. The third-order valence-electron chi connectivity index (χ3n) is 1.91. The Kier molecular flexibility index (Phi) is 8.88. The zero-order chi connectivity index (χ0) is 9.23. The van der Waals surface area contributed by atoms with E-state index in [1.54, 1.807) is 7.11 Å². The fourth-order valence-electron chi connectivity index (χ4n) is 1.06. The standard InChI is InChI=1S/C9H22N2O.H2/c1-4-10-6-7-11(5-2)8-9-12-3;/h10H,4-9H2,1-3H3;1H. The molecule has 0 aliphatic heterocycles. The molecular weight excluding hydrogens is 152 g/mol. The lowest BCUT2D eigenvalue weighted by atomic mass is 10.4. The molecule has 0 rings (SSSR count). The number of rotatable bonds is 8. The Hall–Kier alpha value is -0.120. The van der Waals surface area contributed by atoms with Crippen molar-refractivity contribution in [1.82, 2.24) is 10.2 Å². The van der Waals surface area contributed by atoms with E-state index in [9.17, 15) is 0 Å². The Labute approximate surface area is 77.6 Å². The molecule has 0 atom stereocenters. The highest BCUT2D eigenvalue weighted by molar-refractivity contribution is 4.56. The first-order chi connectivity index (χ1) is 5.85. The summed E-state index contributed by atoms with van der Waals surface area (Å²) in [7, 11) is 1.75. The van der Waals surface area contributed by atoms with Gasteiger partial charge in [-0.25, -0.2) is 0 Å². The van der Waals surface area contributed by atoms with E-state index in [0.29, 0.717) is 0 Å². The molecule has 0 heterocycles. The highest BCUT2D eigenvalue weighted by Crippen LogP contribution is 1.85. The van der Waals surface area contributed by atoms with Crippen LogP contribution < -0.4 is 5.32 Å². The van der Waals surface area contributed by atoms with Gasteiger partial charge < -0.3 is 15.0 Å². The van der Waals surface area contributed by atoms with Crippen LogP contribution in [-0.2, 0) is 4.74 Å². The first-order valence-corrected chi connectivity index (χ1v) is 4.77. The summed E-state index contributed by atoms with van der Waals surface area (Å²) >= 11 is 0. The van der Waals surface area contributed by atoms with Crippen LogP contribution in [0.25, 0.3) is 0 Å². The summed E-state index contributed by atoms with van der Waals surface area (Å²) < 4.78 is 5.02. The highest BCUT2D eigenvalue weighted by atomic mass is 16.5. The van der Waals surface area contributed by atoms with E-state index < -0.39 is 0 Å². The minimum Gasteiger partial charge on any atom is -0.383 e. The number of nitrogens with one attached hydrogen (secondary N) is 1. The smallest absolute Gasteiger partial charge is 0.0589 e. The monoisotopic (exact) mass is 176 g/mol. The minimum absolute atomic E-state index is 0. The van der Waals surface area contributed by atoms with Gasteiger partial charge >= 0.3 is 0 Å². The summed E-state index contributed by atoms with van der Waals surface area (Å²) in [6, 6.07) is 0. The largest absolute Gasteiger partial charge is 0.383 e. The zero-order valence-corrected chi connectivity index (χ0v) is 8.60. The molecule has 0 aliphatic rings. The maximum Gasteiger partial charge on any atom is 0.0589 e. The number of methoxy groups -OCH3 is 1. The summed E-state index contributed by atoms with van der Waals surface area (Å²) in [6.45, 7) is 10.5. The average molecular weight is 176 g/mol. The van der Waals surface area contributed by atoms with Crippen LogP contribution in [0.1, 0.15) is 15.3 Å². The maximum absolute atomic E-state index is 5.02. The van der Waals surface area contributed by atoms with Gasteiger partial charge in [0, 0.05) is 28.2 Å². The van der Waals surface area contributed by atoms with Gasteiger partial charge in [0.15, 0.2) is 0 Å². The van der Waals surface area contributed by atoms with Gasteiger partial charge in [0.1, 0.15) is 0 Å². The summed E-state index contributed by atoms with van der Waals surface area (Å²) in [5.41, 5.74) is 0. The van der Waals surface area contributed by atoms with Crippen molar-refractivity contribution in [3.63, 3.8) is 0 Å². The number of ether oxygens (including phenoxy) is 1. The Balaban J connectivity index is 0. The molecule has 0 saturated heterocycles. The molecule has 0 aliphatic carbocycles. The van der Waals surface area contributed by atoms with E-state index in [0.717, 1.165) is 39.3 Å². The van der Waals surface area contributed by atoms with E-state index in [4.69, 9.17) is 4.74 Å². The Morgan fingerprint density at radius 2 is 2.08 bits per heavy atom. The van der Waals surface area contributed by atoms with E-state index in [2.05, 4.69) is 24.1 Å². The Bertz CT molecular complexity index is 93.7. The molecule has 0 fully saturated rings. The fourth-order valence-corrected chi connectivity index (χ4v) is 1.06. The van der Waals surface area contributed by atoms with E-state index in [1.165, 1.54) is 0 Å². The van der Waals surface area contributed by atoms with Crippen LogP contribution in [0.2, 0.25) is 0 Å². The third kappa shape index (κ3) is 6.58. The zero-order valence-electron chi connectivity index (χ0n) is 8.60. The molecule has 76 valence electrons. The van der Waals surface area contributed by atoms with Gasteiger partial charge in [-0.05, 0) is 13.1 Å². The molecule has 0 bridgehead atoms. The van der Waals surface area contributed by atoms with Gasteiger partial charge in [-0.3, -0.25) is 0 Å². The second-order valence-corrected chi connectivity index (χ2v) is 2.78. The van der Waals surface area contributed by atoms with Crippen molar-refractivity contribution in [2.24, 2.45) is 0 Å². The lowest BCUT2D eigenvalue weighted by Gasteiger charge is -2.19. The van der Waals surface area contributed by atoms with E-state index >= 15 is 0 Å². The van der Waals surface area contributed by atoms with Crippen LogP contribution in [0.5, 0.6) is 0 Å². The molecule has 0 amide bonds. The molecule has 12 heavy (non-hydrogen) atoms. The predicted octanol–water partition coefficient (Wildman–Crippen LogP) is 0.810. The van der Waals surface area contributed by atoms with Crippen molar-refractivity contribution in [3.8, 4) is 0 Å². The molecule has 0 radical (unpaired) electrons. The highest BCUT2D eigenvalue weighted by Gasteiger charge is 1.99. The molecular formula is C9H24N2O. The average Bonchev–Trinajstić information content (AvgIpc) is 2.11. The molecule has 3 nitrogen and oxygen atoms in total. The van der Waals surface area contributed by atoms with Crippen LogP contribution >= 0.6 is 0 Å². The van der Waals surface area contributed by atoms with Gasteiger partial charge in [-0.1, -0.05) is 13.8 Å². The molecule has 0 saturated carbocycles.